The van der Waals surface area contributed by atoms with Crippen molar-refractivity contribution < 1.29 is 9.47 Å². The molecule has 25 heavy (non-hydrogen) atoms. The van der Waals surface area contributed by atoms with Gasteiger partial charge in [-0.05, 0) is 36.5 Å². The third kappa shape index (κ3) is 3.26. The molecule has 0 radical (unpaired) electrons. The Labute approximate surface area is 150 Å². The van der Waals surface area contributed by atoms with Crippen LogP contribution in [0.5, 0.6) is 11.5 Å². The molecule has 0 spiro atoms. The Bertz CT molecular complexity index is 731. The van der Waals surface area contributed by atoms with E-state index in [1.807, 2.05) is 12.1 Å². The van der Waals surface area contributed by atoms with Crippen molar-refractivity contribution in [2.24, 2.45) is 11.8 Å². The van der Waals surface area contributed by atoms with Crippen molar-refractivity contribution in [1.29, 1.82) is 0 Å². The van der Waals surface area contributed by atoms with E-state index in [9.17, 15) is 0 Å². The maximum absolute atomic E-state index is 5.44. The molecular formula is C21H28N2O2. The molecule has 134 valence electrons. The molecular weight excluding hydrogens is 312 g/mol. The van der Waals surface area contributed by atoms with Gasteiger partial charge in [-0.2, -0.15) is 0 Å². The summed E-state index contributed by atoms with van der Waals surface area (Å²) in [6.45, 7) is 1.14. The van der Waals surface area contributed by atoms with Crippen molar-refractivity contribution in [2.45, 2.75) is 51.5 Å². The lowest BCUT2D eigenvalue weighted by Gasteiger charge is -2.33. The molecule has 0 N–H and O–H groups in total. The first-order valence-electron chi connectivity index (χ1n) is 9.57. The van der Waals surface area contributed by atoms with Gasteiger partial charge >= 0.3 is 0 Å². The van der Waals surface area contributed by atoms with Gasteiger partial charge < -0.3 is 14.0 Å². The highest BCUT2D eigenvalue weighted by molar-refractivity contribution is 5.63. The van der Waals surface area contributed by atoms with Crippen LogP contribution in [-0.4, -0.2) is 23.8 Å². The highest BCUT2D eigenvalue weighted by atomic mass is 16.5. The van der Waals surface area contributed by atoms with E-state index in [4.69, 9.17) is 14.5 Å². The number of nitrogens with zero attached hydrogens (tertiary/aromatic N) is 2. The Morgan fingerprint density at radius 2 is 1.76 bits per heavy atom. The fourth-order valence-corrected chi connectivity index (χ4v) is 4.60. The molecule has 1 aromatic carbocycles. The van der Waals surface area contributed by atoms with Gasteiger partial charge in [-0.25, -0.2) is 4.98 Å². The molecule has 2 aliphatic rings. The lowest BCUT2D eigenvalue weighted by atomic mass is 9.77. The van der Waals surface area contributed by atoms with Crippen LogP contribution in [0.4, 0.5) is 0 Å². The predicted octanol–water partition coefficient (Wildman–Crippen LogP) is 4.71. The van der Waals surface area contributed by atoms with Crippen LogP contribution < -0.4 is 9.47 Å². The summed E-state index contributed by atoms with van der Waals surface area (Å²) >= 11 is 0. The summed E-state index contributed by atoms with van der Waals surface area (Å²) in [6, 6.07) is 6.04. The van der Waals surface area contributed by atoms with E-state index in [-0.39, 0.29) is 0 Å². The minimum absolute atomic E-state index is 0.756. The van der Waals surface area contributed by atoms with Gasteiger partial charge in [0.25, 0.3) is 0 Å². The summed E-state index contributed by atoms with van der Waals surface area (Å²) < 4.78 is 13.2. The summed E-state index contributed by atoms with van der Waals surface area (Å²) in [6.07, 6.45) is 11.8. The van der Waals surface area contributed by atoms with Crippen molar-refractivity contribution in [3.63, 3.8) is 0 Å². The molecule has 1 unspecified atom stereocenters. The number of ether oxygens (including phenoxy) is 2. The highest BCUT2D eigenvalue weighted by Crippen LogP contribution is 2.37. The Hall–Kier alpha value is -1.97. The molecule has 1 aliphatic carbocycles. The number of imidazole rings is 1. The lowest BCUT2D eigenvalue weighted by molar-refractivity contribution is 0.197. The Balaban J connectivity index is 1.56. The Kier molecular flexibility index (Phi) is 4.69. The number of benzene rings is 1. The number of aromatic nitrogens is 2. The number of hydrogen-bond acceptors (Lipinski definition) is 3. The van der Waals surface area contributed by atoms with E-state index in [1.54, 1.807) is 14.2 Å². The maximum atomic E-state index is 5.44. The van der Waals surface area contributed by atoms with E-state index in [1.165, 1.54) is 44.3 Å². The monoisotopic (exact) mass is 340 g/mol. The second kappa shape index (κ2) is 7.11. The van der Waals surface area contributed by atoms with Crippen LogP contribution in [-0.2, 0) is 13.0 Å². The lowest BCUT2D eigenvalue weighted by Crippen LogP contribution is -2.27. The van der Waals surface area contributed by atoms with E-state index in [0.717, 1.165) is 47.6 Å². The molecule has 4 rings (SSSR count). The predicted molar refractivity (Wildman–Crippen MR) is 99.2 cm³/mol. The topological polar surface area (TPSA) is 36.3 Å². The Morgan fingerprint density at radius 1 is 0.960 bits per heavy atom. The second-order valence-corrected chi connectivity index (χ2v) is 7.46. The number of methoxy groups -OCH3 is 2. The molecule has 2 heterocycles. The van der Waals surface area contributed by atoms with Crippen molar-refractivity contribution in [2.75, 3.05) is 14.2 Å². The second-order valence-electron chi connectivity index (χ2n) is 7.46. The van der Waals surface area contributed by atoms with Crippen LogP contribution in [0.1, 0.15) is 44.3 Å². The first-order valence-corrected chi connectivity index (χ1v) is 9.57. The first kappa shape index (κ1) is 16.5. The van der Waals surface area contributed by atoms with Gasteiger partial charge in [-0.3, -0.25) is 0 Å². The molecule has 0 bridgehead atoms. The zero-order valence-electron chi connectivity index (χ0n) is 15.3. The van der Waals surface area contributed by atoms with Crippen LogP contribution in [0.15, 0.2) is 24.4 Å². The molecule has 0 saturated heterocycles. The first-order chi connectivity index (χ1) is 12.3. The molecule has 0 amide bonds. The van der Waals surface area contributed by atoms with Gasteiger partial charge in [0.1, 0.15) is 5.82 Å². The van der Waals surface area contributed by atoms with Crippen LogP contribution in [0, 0.1) is 11.8 Å². The maximum Gasteiger partial charge on any atom is 0.161 e. The molecule has 1 saturated carbocycles. The van der Waals surface area contributed by atoms with Gasteiger partial charge in [0.15, 0.2) is 11.5 Å². The summed E-state index contributed by atoms with van der Waals surface area (Å²) in [5.74, 6) is 4.50. The van der Waals surface area contributed by atoms with Gasteiger partial charge in [0.2, 0.25) is 0 Å². The third-order valence-electron chi connectivity index (χ3n) is 6.02. The average Bonchev–Trinajstić information content (AvgIpc) is 3.11. The highest BCUT2D eigenvalue weighted by Gasteiger charge is 2.28. The summed E-state index contributed by atoms with van der Waals surface area (Å²) in [5, 5.41) is 0. The Morgan fingerprint density at radius 3 is 2.52 bits per heavy atom. The minimum Gasteiger partial charge on any atom is -0.493 e. The van der Waals surface area contributed by atoms with Crippen molar-refractivity contribution in [1.82, 2.24) is 9.55 Å². The van der Waals surface area contributed by atoms with Crippen LogP contribution in [0.25, 0.3) is 11.3 Å². The number of fused-ring (bicyclic) bond motifs is 1. The summed E-state index contributed by atoms with van der Waals surface area (Å²) in [7, 11) is 3.34. The van der Waals surface area contributed by atoms with Gasteiger partial charge in [0.05, 0.1) is 19.9 Å². The minimum atomic E-state index is 0.756. The molecule has 1 aromatic heterocycles. The largest absolute Gasteiger partial charge is 0.493 e. The molecule has 4 heteroatoms. The quantitative estimate of drug-likeness (QED) is 0.809. The van der Waals surface area contributed by atoms with E-state index in [2.05, 4.69) is 16.8 Å². The SMILES string of the molecule is COc1ccc(-c2cn3c(n2)CCC(C2CCCCC2)C3)cc1OC. The van der Waals surface area contributed by atoms with Crippen molar-refractivity contribution >= 4 is 0 Å². The summed E-state index contributed by atoms with van der Waals surface area (Å²) in [4.78, 5) is 4.90. The van der Waals surface area contributed by atoms with Crippen molar-refractivity contribution in [3.8, 4) is 22.8 Å². The van der Waals surface area contributed by atoms with Crippen molar-refractivity contribution in [3.05, 3.63) is 30.2 Å². The fraction of sp³-hybridized carbons (Fsp3) is 0.571. The third-order valence-corrected chi connectivity index (χ3v) is 6.02. The molecule has 4 nitrogen and oxygen atoms in total. The average molecular weight is 340 g/mol. The number of rotatable bonds is 4. The van der Waals surface area contributed by atoms with E-state index >= 15 is 0 Å². The van der Waals surface area contributed by atoms with Gasteiger partial charge in [-0.15, -0.1) is 0 Å². The fourth-order valence-electron chi connectivity index (χ4n) is 4.60. The van der Waals surface area contributed by atoms with E-state index in [0.29, 0.717) is 0 Å². The number of aryl methyl sites for hydroxylation is 1. The van der Waals surface area contributed by atoms with Crippen LogP contribution in [0.2, 0.25) is 0 Å². The van der Waals surface area contributed by atoms with E-state index < -0.39 is 0 Å². The zero-order valence-corrected chi connectivity index (χ0v) is 15.3. The van der Waals surface area contributed by atoms with Gasteiger partial charge in [0, 0.05) is 24.7 Å². The smallest absolute Gasteiger partial charge is 0.161 e. The van der Waals surface area contributed by atoms with Crippen LogP contribution in [0.3, 0.4) is 0 Å². The normalized spacial score (nSPS) is 21.0. The standard InChI is InChI=1S/C21H28N2O2/c1-24-19-10-8-16(12-20(19)25-2)18-14-23-13-17(9-11-21(23)22-18)15-6-4-3-5-7-15/h8,10,12,14-15,17H,3-7,9,11,13H2,1-2H3. The molecule has 1 fully saturated rings. The van der Waals surface area contributed by atoms with Crippen LogP contribution >= 0.6 is 0 Å². The van der Waals surface area contributed by atoms with Gasteiger partial charge in [-0.1, -0.05) is 32.1 Å². The zero-order chi connectivity index (χ0) is 17.2. The number of hydrogen-bond donors (Lipinski definition) is 0. The molecule has 1 aliphatic heterocycles. The molecule has 1 atom stereocenters. The molecule has 2 aromatic rings. The summed E-state index contributed by atoms with van der Waals surface area (Å²) in [5.41, 5.74) is 2.13.